The molecule has 0 radical (unpaired) electrons. The van der Waals surface area contributed by atoms with Crippen LogP contribution < -0.4 is 37.0 Å². The number of amides is 5. The normalized spacial score (nSPS) is 18.8. The summed E-state index contributed by atoms with van der Waals surface area (Å²) in [5.41, 5.74) is -1.39. The highest BCUT2D eigenvalue weighted by atomic mass is 16.2. The van der Waals surface area contributed by atoms with E-state index in [4.69, 9.17) is 0 Å². The summed E-state index contributed by atoms with van der Waals surface area (Å²) in [5.74, 6) is -2.74. The van der Waals surface area contributed by atoms with Crippen molar-refractivity contribution in [2.24, 2.45) is 22.2 Å². The number of ketones is 1. The largest absolute Gasteiger partial charge is 0.369 e. The van der Waals surface area contributed by atoms with Crippen molar-refractivity contribution >= 4 is 35.2 Å². The van der Waals surface area contributed by atoms with Crippen molar-refractivity contribution in [2.45, 2.75) is 106 Å². The topological polar surface area (TPSA) is 174 Å². The summed E-state index contributed by atoms with van der Waals surface area (Å²) in [6, 6.07) is -3.03. The maximum atomic E-state index is 14.4. The van der Waals surface area contributed by atoms with Crippen LogP contribution >= 0.6 is 0 Å². The van der Waals surface area contributed by atoms with Gasteiger partial charge in [-0.1, -0.05) is 61.5 Å². The monoisotopic (exact) mass is 684 g/mol. The van der Waals surface area contributed by atoms with Crippen LogP contribution in [0.25, 0.3) is 0 Å². The lowest BCUT2D eigenvalue weighted by Crippen LogP contribution is -2.63. The minimum atomic E-state index is -1.04. The van der Waals surface area contributed by atoms with Crippen molar-refractivity contribution in [3.8, 4) is 0 Å². The number of urea groups is 1. The molecule has 2 aliphatic carbocycles. The van der Waals surface area contributed by atoms with E-state index in [0.717, 1.165) is 12.8 Å². The van der Waals surface area contributed by atoms with Crippen LogP contribution in [0.3, 0.4) is 0 Å². The van der Waals surface area contributed by atoms with E-state index in [1.165, 1.54) is 11.0 Å². The van der Waals surface area contributed by atoms with Crippen LogP contribution in [0.1, 0.15) is 93.1 Å². The number of rotatable bonds is 16. The molecule has 4 atom stereocenters. The maximum Gasteiger partial charge on any atom is 0.315 e. The van der Waals surface area contributed by atoms with Gasteiger partial charge in [0.15, 0.2) is 0 Å². The highest BCUT2D eigenvalue weighted by Crippen LogP contribution is 2.55. The number of carbonyl (C=O) groups is 5. The van der Waals surface area contributed by atoms with Gasteiger partial charge in [0.1, 0.15) is 12.1 Å². The molecule has 1 aromatic rings. The van der Waals surface area contributed by atoms with E-state index in [1.807, 2.05) is 55.4 Å². The van der Waals surface area contributed by atoms with Crippen molar-refractivity contribution in [3.05, 3.63) is 38.7 Å². The van der Waals surface area contributed by atoms with Crippen molar-refractivity contribution in [3.63, 3.8) is 0 Å². The van der Waals surface area contributed by atoms with Gasteiger partial charge in [-0.15, -0.1) is 6.58 Å². The molecule has 3 rings (SSSR count). The maximum absolute atomic E-state index is 14.4. The third-order valence-electron chi connectivity index (χ3n) is 9.77. The number of likely N-dealkylation sites (N-methyl/N-ethyl adjacent to an activating group) is 2. The fraction of sp³-hybridized carbons (Fsp3) is 0.694. The first-order valence-electron chi connectivity index (χ1n) is 17.2. The van der Waals surface area contributed by atoms with E-state index in [9.17, 15) is 33.6 Å². The molecule has 272 valence electrons. The molecule has 2 saturated carbocycles. The van der Waals surface area contributed by atoms with Crippen molar-refractivity contribution in [1.82, 2.24) is 26.2 Å². The van der Waals surface area contributed by atoms with Crippen LogP contribution in [0.2, 0.25) is 0 Å². The van der Waals surface area contributed by atoms with Gasteiger partial charge >= 0.3 is 6.03 Å². The van der Waals surface area contributed by atoms with Gasteiger partial charge in [-0.25, -0.2) is 4.79 Å². The first-order chi connectivity index (χ1) is 22.6. The molecule has 0 heterocycles. The lowest BCUT2D eigenvalue weighted by atomic mass is 9.84. The molecular formula is C36H56N6O7. The van der Waals surface area contributed by atoms with Crippen molar-refractivity contribution in [2.75, 3.05) is 38.1 Å². The molecule has 4 N–H and O–H groups in total. The molecule has 0 aromatic heterocycles. The number of hydrogen-bond donors (Lipinski definition) is 4. The highest BCUT2D eigenvalue weighted by Gasteiger charge is 2.56. The van der Waals surface area contributed by atoms with Crippen molar-refractivity contribution in [1.29, 1.82) is 0 Å². The van der Waals surface area contributed by atoms with Gasteiger partial charge in [0.05, 0.1) is 18.3 Å². The summed E-state index contributed by atoms with van der Waals surface area (Å²) >= 11 is 0. The summed E-state index contributed by atoms with van der Waals surface area (Å²) in [4.78, 5) is 94.0. The van der Waals surface area contributed by atoms with Crippen LogP contribution in [-0.2, 0) is 19.2 Å². The SMILES string of the molecule is C=CCNC(=O)C(=O)CNC(=O)[C@H]([C@@H]1CC1(C)C)N(CC)C(=O)[C@@H](NC(=O)N[C@H](CN(C)c1c(C2CC2)c(=O)c1=O)C(C)(C)C)C(C)(C)C. The molecule has 1 aromatic carbocycles. The van der Waals surface area contributed by atoms with E-state index in [1.54, 1.807) is 18.9 Å². The Kier molecular flexibility index (Phi) is 11.9. The molecule has 2 aliphatic rings. The van der Waals surface area contributed by atoms with Crippen molar-refractivity contribution < 1.29 is 24.0 Å². The van der Waals surface area contributed by atoms with Crippen LogP contribution in [0.4, 0.5) is 10.5 Å². The first kappa shape index (κ1) is 39.4. The molecule has 13 nitrogen and oxygen atoms in total. The second kappa shape index (κ2) is 14.8. The number of hydrogen-bond acceptors (Lipinski definition) is 8. The van der Waals surface area contributed by atoms with E-state index >= 15 is 0 Å². The minimum absolute atomic E-state index is 0.109. The number of anilines is 1. The van der Waals surface area contributed by atoms with Crippen LogP contribution in [0, 0.1) is 22.2 Å². The first-order valence-corrected chi connectivity index (χ1v) is 17.2. The molecule has 5 amide bonds. The zero-order valence-electron chi connectivity index (χ0n) is 30.9. The number of nitrogens with zero attached hydrogens (tertiary/aromatic N) is 2. The smallest absolute Gasteiger partial charge is 0.315 e. The van der Waals surface area contributed by atoms with Crippen LogP contribution in [0.15, 0.2) is 22.2 Å². The summed E-state index contributed by atoms with van der Waals surface area (Å²) in [5, 5.41) is 10.8. The van der Waals surface area contributed by atoms with Gasteiger partial charge in [-0.05, 0) is 54.3 Å². The summed E-state index contributed by atoms with van der Waals surface area (Å²) in [6.45, 7) is 20.6. The average Bonchev–Trinajstić information content (AvgIpc) is 3.93. The Hall–Kier alpha value is -4.03. The number of carbonyl (C=O) groups excluding carboxylic acids is 5. The zero-order chi connectivity index (χ0) is 37.2. The molecule has 0 bridgehead atoms. The fourth-order valence-electron chi connectivity index (χ4n) is 6.27. The summed E-state index contributed by atoms with van der Waals surface area (Å²) in [7, 11) is 1.74. The third kappa shape index (κ3) is 9.36. The highest BCUT2D eigenvalue weighted by molar-refractivity contribution is 6.37. The Bertz CT molecular complexity index is 1520. The molecule has 0 spiro atoms. The van der Waals surface area contributed by atoms with E-state index in [0.29, 0.717) is 17.7 Å². The Morgan fingerprint density at radius 1 is 0.959 bits per heavy atom. The molecular weight excluding hydrogens is 628 g/mol. The Labute approximate surface area is 289 Å². The average molecular weight is 685 g/mol. The van der Waals surface area contributed by atoms with Gasteiger partial charge < -0.3 is 31.1 Å². The fourth-order valence-corrected chi connectivity index (χ4v) is 6.27. The lowest BCUT2D eigenvalue weighted by molar-refractivity contribution is -0.145. The second-order valence-electron chi connectivity index (χ2n) is 16.4. The zero-order valence-corrected chi connectivity index (χ0v) is 30.9. The van der Waals surface area contributed by atoms with Gasteiger partial charge in [-0.2, -0.15) is 0 Å². The molecule has 0 unspecified atom stereocenters. The van der Waals surface area contributed by atoms with Gasteiger partial charge in [-0.3, -0.25) is 28.8 Å². The molecule has 2 fully saturated rings. The van der Waals surface area contributed by atoms with Crippen LogP contribution in [0.5, 0.6) is 0 Å². The third-order valence-corrected chi connectivity index (χ3v) is 9.77. The van der Waals surface area contributed by atoms with E-state index in [-0.39, 0.29) is 36.9 Å². The Morgan fingerprint density at radius 3 is 2.02 bits per heavy atom. The number of nitrogens with one attached hydrogen (secondary N) is 4. The quantitative estimate of drug-likeness (QED) is 0.151. The predicted molar refractivity (Wildman–Crippen MR) is 189 cm³/mol. The number of Topliss-reactive ketones (excluding diaryl/α,β-unsaturated/α-hetero) is 1. The molecule has 0 aliphatic heterocycles. The summed E-state index contributed by atoms with van der Waals surface area (Å²) in [6.07, 6.45) is 3.88. The standard InChI is InChI=1S/C36H56N6O7/c1-12-16-37-30(46)22(43)18-38-31(47)25(21-17-36(21,9)10)42(13-2)32(48)29(35(6,7)8)40-33(49)39-23(34(3,4)5)19-41(11)26-24(20-14-15-20)27(44)28(26)45/h12,20-21,23,25,29H,1,13-19H2,2-11H3,(H,37,46)(H,38,47)(H2,39,40,49)/t21-,23+,25-,29+/m0/s1. The van der Waals surface area contributed by atoms with Gasteiger partial charge in [0.25, 0.3) is 5.91 Å². The van der Waals surface area contributed by atoms with E-state index in [2.05, 4.69) is 27.8 Å². The Balaban J connectivity index is 1.79. The minimum Gasteiger partial charge on any atom is -0.369 e. The molecule has 49 heavy (non-hydrogen) atoms. The molecule has 0 saturated heterocycles. The van der Waals surface area contributed by atoms with Gasteiger partial charge in [0, 0.05) is 32.2 Å². The van der Waals surface area contributed by atoms with E-state index < -0.39 is 75.9 Å². The molecule has 13 heteroatoms. The van der Waals surface area contributed by atoms with Gasteiger partial charge in [0.2, 0.25) is 28.5 Å². The predicted octanol–water partition coefficient (Wildman–Crippen LogP) is 1.98. The Morgan fingerprint density at radius 2 is 1.55 bits per heavy atom. The van der Waals surface area contributed by atoms with Crippen LogP contribution in [-0.4, -0.2) is 85.8 Å². The lowest BCUT2D eigenvalue weighted by Gasteiger charge is -2.39. The second-order valence-corrected chi connectivity index (χ2v) is 16.4. The summed E-state index contributed by atoms with van der Waals surface area (Å²) < 4.78 is 0.